The number of nitrogens with zero attached hydrogens (tertiary/aromatic N) is 3. The minimum atomic E-state index is 0.00542. The van der Waals surface area contributed by atoms with Crippen LogP contribution in [0, 0.1) is 29.6 Å². The maximum absolute atomic E-state index is 8.72. The lowest BCUT2D eigenvalue weighted by Gasteiger charge is -1.98. The molecule has 1 N–H and O–H groups in total. The van der Waals surface area contributed by atoms with Gasteiger partial charge in [0.25, 0.3) is 0 Å². The lowest BCUT2D eigenvalue weighted by molar-refractivity contribution is 0.619. The number of anilines is 1. The molecule has 2 aromatic carbocycles. The molecule has 0 amide bonds. The van der Waals surface area contributed by atoms with Gasteiger partial charge in [0, 0.05) is 17.5 Å². The Bertz CT molecular complexity index is 970. The maximum atomic E-state index is 8.72. The molecule has 0 atom stereocenters. The van der Waals surface area contributed by atoms with E-state index < -0.39 is 0 Å². The van der Waals surface area contributed by atoms with Gasteiger partial charge in [-0.1, -0.05) is 18.2 Å². The molecule has 3 rings (SSSR count). The number of hydrogen-bond donors (Lipinski definition) is 1. The summed E-state index contributed by atoms with van der Waals surface area (Å²) in [6.07, 6.45) is 1.36. The zero-order valence-electron chi connectivity index (χ0n) is 12.4. The number of benzene rings is 2. The van der Waals surface area contributed by atoms with Gasteiger partial charge < -0.3 is 9.73 Å². The second kappa shape index (κ2) is 6.05. The molecular weight excluding hydrogens is 288 g/mol. The number of nitriles is 2. The first-order valence-electron chi connectivity index (χ1n) is 6.95. The first-order valence-corrected chi connectivity index (χ1v) is 6.95. The fourth-order valence-electron chi connectivity index (χ4n) is 2.19. The number of aromatic nitrogens is 1. The summed E-state index contributed by atoms with van der Waals surface area (Å²) < 4.78 is 5.80. The van der Waals surface area contributed by atoms with Crippen molar-refractivity contribution in [3.8, 4) is 23.6 Å². The Balaban J connectivity index is 1.96. The first-order chi connectivity index (χ1) is 11.2. The molecule has 0 spiro atoms. The minimum absolute atomic E-state index is 0.00542. The molecule has 5 nitrogen and oxygen atoms in total. The van der Waals surface area contributed by atoms with Crippen molar-refractivity contribution in [3.05, 3.63) is 59.8 Å². The molecule has 0 radical (unpaired) electrons. The molecule has 0 saturated heterocycles. The Hall–Kier alpha value is -3.57. The molecule has 5 heteroatoms. The molecule has 3 aromatic rings. The third-order valence-electron chi connectivity index (χ3n) is 3.39. The summed E-state index contributed by atoms with van der Waals surface area (Å²) in [5.74, 6) is 0.570. The van der Waals surface area contributed by atoms with Crippen LogP contribution < -0.4 is 5.32 Å². The van der Waals surface area contributed by atoms with Crippen molar-refractivity contribution in [1.29, 1.82) is 10.5 Å². The largest absolute Gasteiger partial charge is 0.436 e. The lowest BCUT2D eigenvalue weighted by Crippen LogP contribution is -1.89. The molecule has 23 heavy (non-hydrogen) atoms. The Morgan fingerprint density at radius 1 is 1.17 bits per heavy atom. The van der Waals surface area contributed by atoms with Crippen molar-refractivity contribution >= 4 is 16.8 Å². The third-order valence-corrected chi connectivity index (χ3v) is 3.39. The number of oxazole rings is 1. The third kappa shape index (κ3) is 2.90. The van der Waals surface area contributed by atoms with Gasteiger partial charge in [-0.05, 0) is 36.8 Å². The molecule has 0 unspecified atom stereocenters. The molecule has 1 heterocycles. The standard InChI is InChI=1S/C18H12N4O/c1-12-4-2-3-5-15(12)18-22-16-8-14(6-7-17(16)23-18)21-11-13(9-19)10-20/h2-8,11,21H,1H3. The number of allylic oxidation sites excluding steroid dienone is 1. The van der Waals surface area contributed by atoms with E-state index in [4.69, 9.17) is 14.9 Å². The van der Waals surface area contributed by atoms with Gasteiger partial charge >= 0.3 is 0 Å². The number of fused-ring (bicyclic) bond motifs is 1. The summed E-state index contributed by atoms with van der Waals surface area (Å²) in [6, 6.07) is 16.9. The lowest BCUT2D eigenvalue weighted by atomic mass is 10.1. The van der Waals surface area contributed by atoms with Crippen LogP contribution in [0.5, 0.6) is 0 Å². The Morgan fingerprint density at radius 2 is 1.96 bits per heavy atom. The normalized spacial score (nSPS) is 9.87. The van der Waals surface area contributed by atoms with Gasteiger partial charge in [0.15, 0.2) is 5.58 Å². The van der Waals surface area contributed by atoms with E-state index in [1.54, 1.807) is 24.3 Å². The zero-order chi connectivity index (χ0) is 16.2. The molecule has 0 saturated carbocycles. The van der Waals surface area contributed by atoms with Gasteiger partial charge in [-0.15, -0.1) is 0 Å². The van der Waals surface area contributed by atoms with Crippen molar-refractivity contribution in [2.24, 2.45) is 0 Å². The highest BCUT2D eigenvalue weighted by molar-refractivity contribution is 5.80. The predicted octanol–water partition coefficient (Wildman–Crippen LogP) is 4.15. The summed E-state index contributed by atoms with van der Waals surface area (Å²) >= 11 is 0. The molecule has 0 aliphatic heterocycles. The highest BCUT2D eigenvalue weighted by atomic mass is 16.3. The van der Waals surface area contributed by atoms with Crippen molar-refractivity contribution in [2.45, 2.75) is 6.92 Å². The van der Waals surface area contributed by atoms with Crippen molar-refractivity contribution in [1.82, 2.24) is 4.98 Å². The summed E-state index contributed by atoms with van der Waals surface area (Å²) in [7, 11) is 0. The van der Waals surface area contributed by atoms with Crippen LogP contribution in [-0.2, 0) is 0 Å². The Labute approximate surface area is 133 Å². The van der Waals surface area contributed by atoms with Crippen LogP contribution in [0.15, 0.2) is 58.7 Å². The van der Waals surface area contributed by atoms with E-state index in [2.05, 4.69) is 10.3 Å². The number of rotatable bonds is 3. The average Bonchev–Trinajstić information content (AvgIpc) is 2.99. The van der Waals surface area contributed by atoms with Crippen molar-refractivity contribution < 1.29 is 4.42 Å². The average molecular weight is 300 g/mol. The molecule has 1 aromatic heterocycles. The second-order valence-electron chi connectivity index (χ2n) is 4.94. The molecule has 0 aliphatic carbocycles. The quantitative estimate of drug-likeness (QED) is 0.734. The van der Waals surface area contributed by atoms with Crippen LogP contribution >= 0.6 is 0 Å². The van der Waals surface area contributed by atoms with Gasteiger partial charge in [-0.2, -0.15) is 10.5 Å². The molecule has 110 valence electrons. The SMILES string of the molecule is Cc1ccccc1-c1nc2cc(NC=C(C#N)C#N)ccc2o1. The molecule has 0 fully saturated rings. The number of aryl methyl sites for hydroxylation is 1. The van der Waals surface area contributed by atoms with Gasteiger partial charge in [0.05, 0.1) is 0 Å². The van der Waals surface area contributed by atoms with Crippen molar-refractivity contribution in [3.63, 3.8) is 0 Å². The van der Waals surface area contributed by atoms with Crippen LogP contribution in [0.1, 0.15) is 5.56 Å². The first kappa shape index (κ1) is 14.4. The Kier molecular flexibility index (Phi) is 3.78. The summed E-state index contributed by atoms with van der Waals surface area (Å²) in [6.45, 7) is 2.01. The minimum Gasteiger partial charge on any atom is -0.436 e. The monoisotopic (exact) mass is 300 g/mol. The summed E-state index contributed by atoms with van der Waals surface area (Å²) in [5, 5.41) is 20.4. The number of nitrogens with one attached hydrogen (secondary N) is 1. The van der Waals surface area contributed by atoms with E-state index in [1.165, 1.54) is 6.20 Å². The fourth-order valence-corrected chi connectivity index (χ4v) is 2.19. The fraction of sp³-hybridized carbons (Fsp3) is 0.0556. The van der Waals surface area contributed by atoms with Crippen LogP contribution in [0.2, 0.25) is 0 Å². The smallest absolute Gasteiger partial charge is 0.227 e. The van der Waals surface area contributed by atoms with Gasteiger partial charge in [0.1, 0.15) is 23.2 Å². The number of hydrogen-bond acceptors (Lipinski definition) is 5. The predicted molar refractivity (Wildman–Crippen MR) is 87.1 cm³/mol. The van der Waals surface area contributed by atoms with E-state index in [-0.39, 0.29) is 5.57 Å². The van der Waals surface area contributed by atoms with E-state index >= 15 is 0 Å². The van der Waals surface area contributed by atoms with Gasteiger partial charge in [-0.25, -0.2) is 4.98 Å². The van der Waals surface area contributed by atoms with Crippen LogP contribution in [0.25, 0.3) is 22.6 Å². The van der Waals surface area contributed by atoms with Gasteiger partial charge in [0.2, 0.25) is 5.89 Å². The Morgan fingerprint density at radius 3 is 2.70 bits per heavy atom. The summed E-state index contributed by atoms with van der Waals surface area (Å²) in [4.78, 5) is 4.51. The van der Waals surface area contributed by atoms with Crippen LogP contribution in [0.3, 0.4) is 0 Å². The van der Waals surface area contributed by atoms with Crippen LogP contribution in [0.4, 0.5) is 5.69 Å². The molecule has 0 aliphatic rings. The van der Waals surface area contributed by atoms with Gasteiger partial charge in [-0.3, -0.25) is 0 Å². The zero-order valence-corrected chi connectivity index (χ0v) is 12.4. The van der Waals surface area contributed by atoms with E-state index in [9.17, 15) is 0 Å². The summed E-state index contributed by atoms with van der Waals surface area (Å²) in [5.41, 5.74) is 4.16. The maximum Gasteiger partial charge on any atom is 0.227 e. The van der Waals surface area contributed by atoms with E-state index in [0.717, 1.165) is 16.8 Å². The highest BCUT2D eigenvalue weighted by Crippen LogP contribution is 2.28. The second-order valence-corrected chi connectivity index (χ2v) is 4.94. The van der Waals surface area contributed by atoms with E-state index in [1.807, 2.05) is 37.3 Å². The highest BCUT2D eigenvalue weighted by Gasteiger charge is 2.10. The van der Waals surface area contributed by atoms with Crippen molar-refractivity contribution in [2.75, 3.05) is 5.32 Å². The van der Waals surface area contributed by atoms with Crippen LogP contribution in [-0.4, -0.2) is 4.98 Å². The van der Waals surface area contributed by atoms with E-state index in [0.29, 0.717) is 17.0 Å². The molecular formula is C18H12N4O. The molecule has 0 bridgehead atoms. The topological polar surface area (TPSA) is 85.6 Å².